The first-order valence-electron chi connectivity index (χ1n) is 13.3. The van der Waals surface area contributed by atoms with Gasteiger partial charge in [0.2, 0.25) is 5.95 Å². The van der Waals surface area contributed by atoms with E-state index in [0.29, 0.717) is 23.5 Å². The number of benzene rings is 2. The number of ether oxygens (including phenoxy) is 1. The quantitative estimate of drug-likeness (QED) is 0.403. The van der Waals surface area contributed by atoms with Crippen LogP contribution < -0.4 is 20.3 Å². The Morgan fingerprint density at radius 2 is 1.79 bits per heavy atom. The van der Waals surface area contributed by atoms with Crippen LogP contribution in [-0.2, 0) is 11.1 Å². The zero-order valence-corrected chi connectivity index (χ0v) is 23.5. The molecule has 2 saturated heterocycles. The van der Waals surface area contributed by atoms with E-state index in [2.05, 4.69) is 54.5 Å². The van der Waals surface area contributed by atoms with Crippen LogP contribution >= 0.6 is 0 Å². The van der Waals surface area contributed by atoms with Gasteiger partial charge in [-0.15, -0.1) is 0 Å². The summed E-state index contributed by atoms with van der Waals surface area (Å²) in [6.45, 7) is 8.43. The Morgan fingerprint density at radius 3 is 2.51 bits per heavy atom. The average Bonchev–Trinajstić information content (AvgIpc) is 2.96. The van der Waals surface area contributed by atoms with Crippen molar-refractivity contribution in [3.8, 4) is 5.75 Å². The van der Waals surface area contributed by atoms with E-state index in [1.54, 1.807) is 37.6 Å². The van der Waals surface area contributed by atoms with Crippen LogP contribution in [-0.4, -0.2) is 88.0 Å². The van der Waals surface area contributed by atoms with Crippen molar-refractivity contribution in [1.29, 1.82) is 0 Å². The number of hydrogen-bond acceptors (Lipinski definition) is 10. The number of piperazine rings is 1. The van der Waals surface area contributed by atoms with Gasteiger partial charge in [-0.25, -0.2) is 4.98 Å². The molecule has 3 heterocycles. The van der Waals surface area contributed by atoms with E-state index >= 15 is 0 Å². The summed E-state index contributed by atoms with van der Waals surface area (Å²) in [7, 11) is 3.88. The lowest BCUT2D eigenvalue weighted by atomic mass is 10.0. The third kappa shape index (κ3) is 6.67. The summed E-state index contributed by atoms with van der Waals surface area (Å²) >= 11 is -2.30. The van der Waals surface area contributed by atoms with Crippen LogP contribution in [0.25, 0.3) is 0 Å². The normalized spacial score (nSPS) is 18.1. The molecule has 39 heavy (non-hydrogen) atoms. The van der Waals surface area contributed by atoms with Crippen LogP contribution in [0.4, 0.5) is 28.8 Å². The second-order valence-corrected chi connectivity index (χ2v) is 11.1. The van der Waals surface area contributed by atoms with Crippen molar-refractivity contribution in [3.63, 3.8) is 0 Å². The minimum atomic E-state index is -2.30. The molecule has 5 rings (SSSR count). The molecule has 2 aliphatic rings. The molecular formula is C28H36N7O3S-. The Balaban J connectivity index is 1.25. The Morgan fingerprint density at radius 1 is 1.03 bits per heavy atom. The van der Waals surface area contributed by atoms with Crippen molar-refractivity contribution in [2.75, 3.05) is 69.0 Å². The van der Waals surface area contributed by atoms with E-state index < -0.39 is 11.1 Å². The second-order valence-electron chi connectivity index (χ2n) is 10.2. The molecule has 0 saturated carbocycles. The molecule has 0 amide bonds. The zero-order chi connectivity index (χ0) is 27.4. The van der Waals surface area contributed by atoms with Crippen LogP contribution in [0.2, 0.25) is 0 Å². The Bertz CT molecular complexity index is 1310. The van der Waals surface area contributed by atoms with E-state index in [1.807, 2.05) is 13.0 Å². The number of likely N-dealkylation sites (tertiary alicyclic amines) is 1. The van der Waals surface area contributed by atoms with Crippen LogP contribution in [0, 0.1) is 6.92 Å². The van der Waals surface area contributed by atoms with Gasteiger partial charge in [-0.05, 0) is 81.3 Å². The molecule has 1 aromatic heterocycles. The molecule has 1 atom stereocenters. The maximum Gasteiger partial charge on any atom is 0.229 e. The highest BCUT2D eigenvalue weighted by atomic mass is 32.2. The fourth-order valence-corrected chi connectivity index (χ4v) is 5.66. The van der Waals surface area contributed by atoms with Crippen LogP contribution in [0.1, 0.15) is 18.4 Å². The molecule has 2 N–H and O–H groups in total. The molecular weight excluding hydrogens is 514 g/mol. The van der Waals surface area contributed by atoms with Crippen molar-refractivity contribution < 1.29 is 13.5 Å². The van der Waals surface area contributed by atoms with Crippen molar-refractivity contribution in [1.82, 2.24) is 19.8 Å². The molecule has 0 spiro atoms. The third-order valence-electron chi connectivity index (χ3n) is 7.58. The molecule has 0 aliphatic carbocycles. The SMILES string of the molecule is COc1cc(N2CCN(C3CCN(C)CC3)CC2)ccc1Nc1ncc(C)c(Nc2cccc(S(=O)[O-])c2)n1. The zero-order valence-electron chi connectivity index (χ0n) is 22.7. The molecule has 3 aromatic rings. The van der Waals surface area contributed by atoms with Gasteiger partial charge in [-0.3, -0.25) is 9.11 Å². The predicted octanol–water partition coefficient (Wildman–Crippen LogP) is 3.74. The fraction of sp³-hybridized carbons (Fsp3) is 0.429. The lowest BCUT2D eigenvalue weighted by molar-refractivity contribution is 0.115. The number of aryl methyl sites for hydroxylation is 1. The van der Waals surface area contributed by atoms with E-state index in [-0.39, 0.29) is 4.90 Å². The van der Waals surface area contributed by atoms with Gasteiger partial charge in [0.05, 0.1) is 12.8 Å². The monoisotopic (exact) mass is 550 g/mol. The molecule has 11 heteroatoms. The minimum Gasteiger partial charge on any atom is -0.768 e. The number of rotatable bonds is 8. The standard InChI is InChI=1S/C28H37N7O3S/c1-20-19-29-28(32-27(20)30-21-5-4-6-24(17-21)39(36)37)31-25-8-7-23(18-26(25)38-3)35-15-13-34(14-16-35)22-9-11-33(2)12-10-22/h4-8,17-19,22H,9-16H2,1-3H3,(H,36,37)(H2,29,30,31,32)/p-1. The number of methoxy groups -OCH3 is 1. The largest absolute Gasteiger partial charge is 0.768 e. The highest BCUT2D eigenvalue weighted by Gasteiger charge is 2.26. The molecule has 2 aliphatic heterocycles. The summed E-state index contributed by atoms with van der Waals surface area (Å²) in [6.07, 6.45) is 4.24. The first-order valence-corrected chi connectivity index (χ1v) is 14.4. The summed E-state index contributed by atoms with van der Waals surface area (Å²) in [5, 5.41) is 6.47. The van der Waals surface area contributed by atoms with Gasteiger partial charge >= 0.3 is 0 Å². The van der Waals surface area contributed by atoms with Crippen LogP contribution in [0.3, 0.4) is 0 Å². The first kappa shape index (κ1) is 27.3. The Labute approximate surface area is 232 Å². The maximum absolute atomic E-state index is 11.3. The van der Waals surface area contributed by atoms with Gasteiger partial charge < -0.3 is 29.7 Å². The van der Waals surface area contributed by atoms with Gasteiger partial charge in [0.15, 0.2) is 0 Å². The van der Waals surface area contributed by atoms with Gasteiger partial charge in [0.25, 0.3) is 0 Å². The summed E-state index contributed by atoms with van der Waals surface area (Å²) < 4.78 is 28.4. The summed E-state index contributed by atoms with van der Waals surface area (Å²) in [4.78, 5) is 16.8. The van der Waals surface area contributed by atoms with E-state index in [1.165, 1.54) is 25.9 Å². The van der Waals surface area contributed by atoms with Gasteiger partial charge in [-0.1, -0.05) is 6.07 Å². The summed E-state index contributed by atoms with van der Waals surface area (Å²) in [5.74, 6) is 1.71. The van der Waals surface area contributed by atoms with Crippen molar-refractivity contribution >= 4 is 39.9 Å². The smallest absolute Gasteiger partial charge is 0.229 e. The third-order valence-corrected chi connectivity index (χ3v) is 8.22. The number of piperidine rings is 1. The highest BCUT2D eigenvalue weighted by Crippen LogP contribution is 2.33. The molecule has 2 fully saturated rings. The first-order chi connectivity index (χ1) is 18.9. The van der Waals surface area contributed by atoms with Gasteiger partial charge in [-0.2, -0.15) is 4.98 Å². The Kier molecular flexibility index (Phi) is 8.61. The lowest BCUT2D eigenvalue weighted by Gasteiger charge is -2.43. The number of hydrogen-bond donors (Lipinski definition) is 2. The van der Waals surface area contributed by atoms with Crippen LogP contribution in [0.15, 0.2) is 53.6 Å². The van der Waals surface area contributed by atoms with E-state index in [0.717, 1.165) is 48.9 Å². The van der Waals surface area contributed by atoms with Crippen LogP contribution in [0.5, 0.6) is 5.75 Å². The lowest BCUT2D eigenvalue weighted by Crippen LogP contribution is -2.53. The number of anilines is 5. The van der Waals surface area contributed by atoms with E-state index in [4.69, 9.17) is 4.74 Å². The molecule has 0 bridgehead atoms. The molecule has 0 radical (unpaired) electrons. The summed E-state index contributed by atoms with van der Waals surface area (Å²) in [5.41, 5.74) is 3.37. The highest BCUT2D eigenvalue weighted by molar-refractivity contribution is 7.79. The second kappa shape index (κ2) is 12.3. The number of nitrogens with one attached hydrogen (secondary N) is 2. The maximum atomic E-state index is 11.3. The molecule has 1 unspecified atom stereocenters. The number of aromatic nitrogens is 2. The Hall–Kier alpha value is -3.25. The van der Waals surface area contributed by atoms with Gasteiger partial charge in [0, 0.05) is 66.3 Å². The van der Waals surface area contributed by atoms with Crippen molar-refractivity contribution in [2.45, 2.75) is 30.7 Å². The van der Waals surface area contributed by atoms with E-state index in [9.17, 15) is 8.76 Å². The molecule has 10 nitrogen and oxygen atoms in total. The van der Waals surface area contributed by atoms with Gasteiger partial charge in [0.1, 0.15) is 11.6 Å². The fourth-order valence-electron chi connectivity index (χ4n) is 5.25. The predicted molar refractivity (Wildman–Crippen MR) is 154 cm³/mol. The van der Waals surface area contributed by atoms with Crippen molar-refractivity contribution in [2.24, 2.45) is 0 Å². The number of nitrogens with zero attached hydrogens (tertiary/aromatic N) is 5. The molecule has 208 valence electrons. The topological polar surface area (TPSA) is 109 Å². The van der Waals surface area contributed by atoms with Crippen molar-refractivity contribution in [3.05, 3.63) is 54.2 Å². The summed E-state index contributed by atoms with van der Waals surface area (Å²) in [6, 6.07) is 13.5. The minimum absolute atomic E-state index is 0.207. The average molecular weight is 551 g/mol. The molecule has 2 aromatic carbocycles.